The number of hydrogen-bond donors (Lipinski definition) is 1. The average molecular weight is 292 g/mol. The number of rotatable bonds is 6. The van der Waals surface area contributed by atoms with Gasteiger partial charge < -0.3 is 5.32 Å². The number of aromatic nitrogens is 3. The Morgan fingerprint density at radius 3 is 2.60 bits per heavy atom. The molecule has 0 amide bonds. The van der Waals surface area contributed by atoms with Gasteiger partial charge in [-0.3, -0.25) is 4.68 Å². The van der Waals surface area contributed by atoms with Crippen LogP contribution in [0.4, 0.5) is 0 Å². The zero-order valence-corrected chi connectivity index (χ0v) is 13.8. The molecule has 0 aliphatic heterocycles. The Kier molecular flexibility index (Phi) is 4.94. The summed E-state index contributed by atoms with van der Waals surface area (Å²) >= 11 is 1.76. The van der Waals surface area contributed by atoms with Crippen molar-refractivity contribution in [2.45, 2.75) is 46.7 Å². The molecule has 2 aromatic rings. The zero-order valence-electron chi connectivity index (χ0n) is 13.0. The molecule has 0 saturated heterocycles. The van der Waals surface area contributed by atoms with E-state index in [0.717, 1.165) is 23.7 Å². The van der Waals surface area contributed by atoms with Crippen LogP contribution in [0.25, 0.3) is 10.7 Å². The number of aryl methyl sites for hydroxylation is 1. The van der Waals surface area contributed by atoms with Crippen LogP contribution in [0.1, 0.15) is 38.3 Å². The van der Waals surface area contributed by atoms with Crippen LogP contribution in [0.2, 0.25) is 0 Å². The maximum absolute atomic E-state index is 4.81. The molecular formula is C15H24N4S. The molecule has 2 aromatic heterocycles. The van der Waals surface area contributed by atoms with Crippen molar-refractivity contribution >= 4 is 11.3 Å². The molecule has 2 heterocycles. The van der Waals surface area contributed by atoms with Gasteiger partial charge in [-0.2, -0.15) is 5.10 Å². The van der Waals surface area contributed by atoms with Crippen molar-refractivity contribution in [1.29, 1.82) is 0 Å². The van der Waals surface area contributed by atoms with E-state index in [1.807, 2.05) is 24.0 Å². The predicted molar refractivity (Wildman–Crippen MR) is 84.8 cm³/mol. The maximum atomic E-state index is 4.81. The maximum Gasteiger partial charge on any atom is 0.144 e. The molecular weight excluding hydrogens is 268 g/mol. The lowest BCUT2D eigenvalue weighted by atomic mass is 10.1. The highest BCUT2D eigenvalue weighted by molar-refractivity contribution is 7.15. The molecule has 4 nitrogen and oxygen atoms in total. The monoisotopic (exact) mass is 292 g/mol. The van der Waals surface area contributed by atoms with Gasteiger partial charge in [0.15, 0.2) is 0 Å². The van der Waals surface area contributed by atoms with Gasteiger partial charge in [0.05, 0.1) is 5.69 Å². The Labute approximate surface area is 125 Å². The van der Waals surface area contributed by atoms with Gasteiger partial charge in [-0.1, -0.05) is 27.7 Å². The van der Waals surface area contributed by atoms with Crippen molar-refractivity contribution in [3.05, 3.63) is 22.8 Å². The highest BCUT2D eigenvalue weighted by Gasteiger charge is 2.15. The SMILES string of the molecule is CC(C)Cc1nc(-c2ccn(C)n2)sc1CNC(C)C. The molecule has 0 fully saturated rings. The van der Waals surface area contributed by atoms with E-state index in [2.05, 4.69) is 38.1 Å². The van der Waals surface area contributed by atoms with Crippen LogP contribution in [-0.2, 0) is 20.0 Å². The number of thiazole rings is 1. The van der Waals surface area contributed by atoms with Crippen LogP contribution >= 0.6 is 11.3 Å². The standard InChI is InChI=1S/C15H24N4S/c1-10(2)8-13-14(9-16-11(3)4)20-15(17-13)12-6-7-19(5)18-12/h6-7,10-11,16H,8-9H2,1-5H3. The Bertz CT molecular complexity index is 554. The number of nitrogens with one attached hydrogen (secondary N) is 1. The fraction of sp³-hybridized carbons (Fsp3) is 0.600. The highest BCUT2D eigenvalue weighted by atomic mass is 32.1. The Hall–Kier alpha value is -1.20. The van der Waals surface area contributed by atoms with Crippen LogP contribution in [0.5, 0.6) is 0 Å². The van der Waals surface area contributed by atoms with Crippen LogP contribution in [-0.4, -0.2) is 20.8 Å². The Morgan fingerprint density at radius 1 is 1.30 bits per heavy atom. The quantitative estimate of drug-likeness (QED) is 0.889. The molecule has 0 bridgehead atoms. The second-order valence-electron chi connectivity index (χ2n) is 5.90. The van der Waals surface area contributed by atoms with Gasteiger partial charge in [0.1, 0.15) is 10.7 Å². The third-order valence-electron chi connectivity index (χ3n) is 2.98. The van der Waals surface area contributed by atoms with Gasteiger partial charge in [-0.05, 0) is 18.4 Å². The molecule has 0 aliphatic carbocycles. The molecule has 5 heteroatoms. The minimum Gasteiger partial charge on any atom is -0.310 e. The molecule has 20 heavy (non-hydrogen) atoms. The second-order valence-corrected chi connectivity index (χ2v) is 6.98. The second kappa shape index (κ2) is 6.50. The third-order valence-corrected chi connectivity index (χ3v) is 4.10. The van der Waals surface area contributed by atoms with Crippen LogP contribution in [0.3, 0.4) is 0 Å². The lowest BCUT2D eigenvalue weighted by Gasteiger charge is -2.08. The first-order valence-corrected chi connectivity index (χ1v) is 7.99. The fourth-order valence-corrected chi connectivity index (χ4v) is 3.01. The van der Waals surface area contributed by atoms with Gasteiger partial charge in [0.2, 0.25) is 0 Å². The van der Waals surface area contributed by atoms with Gasteiger partial charge in [-0.15, -0.1) is 11.3 Å². The van der Waals surface area contributed by atoms with Crippen LogP contribution in [0.15, 0.2) is 12.3 Å². The zero-order chi connectivity index (χ0) is 14.7. The Morgan fingerprint density at radius 2 is 2.05 bits per heavy atom. The minimum absolute atomic E-state index is 0.488. The summed E-state index contributed by atoms with van der Waals surface area (Å²) in [5, 5.41) is 8.97. The number of nitrogens with zero attached hydrogens (tertiary/aromatic N) is 3. The number of hydrogen-bond acceptors (Lipinski definition) is 4. The van der Waals surface area contributed by atoms with E-state index in [9.17, 15) is 0 Å². The summed E-state index contributed by atoms with van der Waals surface area (Å²) in [6.07, 6.45) is 2.99. The van der Waals surface area contributed by atoms with Gasteiger partial charge >= 0.3 is 0 Å². The summed E-state index contributed by atoms with van der Waals surface area (Å²) < 4.78 is 1.82. The summed E-state index contributed by atoms with van der Waals surface area (Å²) in [6.45, 7) is 9.70. The molecule has 0 aromatic carbocycles. The van der Waals surface area contributed by atoms with Crippen molar-refractivity contribution in [3.8, 4) is 10.7 Å². The largest absolute Gasteiger partial charge is 0.310 e. The lowest BCUT2D eigenvalue weighted by molar-refractivity contribution is 0.581. The summed E-state index contributed by atoms with van der Waals surface area (Å²) in [6, 6.07) is 2.51. The molecule has 0 atom stereocenters. The van der Waals surface area contributed by atoms with E-state index >= 15 is 0 Å². The average Bonchev–Trinajstić information content (AvgIpc) is 2.92. The van der Waals surface area contributed by atoms with Crippen molar-refractivity contribution in [2.75, 3.05) is 0 Å². The first-order valence-electron chi connectivity index (χ1n) is 7.17. The van der Waals surface area contributed by atoms with E-state index in [0.29, 0.717) is 12.0 Å². The highest BCUT2D eigenvalue weighted by Crippen LogP contribution is 2.28. The molecule has 2 rings (SSSR count). The predicted octanol–water partition coefficient (Wildman–Crippen LogP) is 3.24. The first-order chi connectivity index (χ1) is 9.45. The van der Waals surface area contributed by atoms with Crippen LogP contribution < -0.4 is 5.32 Å². The van der Waals surface area contributed by atoms with Gasteiger partial charge in [-0.25, -0.2) is 4.98 Å². The van der Waals surface area contributed by atoms with Gasteiger partial charge in [0, 0.05) is 30.7 Å². The lowest BCUT2D eigenvalue weighted by Crippen LogP contribution is -2.22. The van der Waals surface area contributed by atoms with Crippen LogP contribution in [0, 0.1) is 5.92 Å². The first kappa shape index (κ1) is 15.2. The van der Waals surface area contributed by atoms with E-state index in [-0.39, 0.29) is 0 Å². The topological polar surface area (TPSA) is 42.7 Å². The molecule has 0 spiro atoms. The third kappa shape index (κ3) is 3.90. The molecule has 110 valence electrons. The fourth-order valence-electron chi connectivity index (χ4n) is 2.00. The van der Waals surface area contributed by atoms with Crippen molar-refractivity contribution < 1.29 is 0 Å². The normalized spacial score (nSPS) is 11.8. The van der Waals surface area contributed by atoms with E-state index in [4.69, 9.17) is 4.98 Å². The summed E-state index contributed by atoms with van der Waals surface area (Å²) in [5.74, 6) is 0.617. The van der Waals surface area contributed by atoms with E-state index < -0.39 is 0 Å². The molecule has 0 aliphatic rings. The Balaban J connectivity index is 2.26. The molecule has 1 N–H and O–H groups in total. The molecule has 0 unspecified atom stereocenters. The van der Waals surface area contributed by atoms with Crippen molar-refractivity contribution in [3.63, 3.8) is 0 Å². The molecule has 0 radical (unpaired) electrons. The summed E-state index contributed by atoms with van der Waals surface area (Å²) in [7, 11) is 1.94. The molecule has 0 saturated carbocycles. The van der Waals surface area contributed by atoms with Crippen molar-refractivity contribution in [1.82, 2.24) is 20.1 Å². The van der Waals surface area contributed by atoms with E-state index in [1.165, 1.54) is 10.6 Å². The van der Waals surface area contributed by atoms with Gasteiger partial charge in [0.25, 0.3) is 0 Å². The van der Waals surface area contributed by atoms with E-state index in [1.54, 1.807) is 11.3 Å². The van der Waals surface area contributed by atoms with Crippen molar-refractivity contribution in [2.24, 2.45) is 13.0 Å². The summed E-state index contributed by atoms with van der Waals surface area (Å²) in [4.78, 5) is 6.16. The minimum atomic E-state index is 0.488. The smallest absolute Gasteiger partial charge is 0.144 e. The summed E-state index contributed by atoms with van der Waals surface area (Å²) in [5.41, 5.74) is 2.19.